The number of nitrogens with zero attached hydrogens (tertiary/aromatic N) is 2. The Bertz CT molecular complexity index is 214. The number of rotatable bonds is 7. The average molecular weight is 255 g/mol. The van der Waals surface area contributed by atoms with Crippen LogP contribution in [0.1, 0.15) is 47.0 Å². The maximum Gasteiger partial charge on any atom is 0.0250 e. The summed E-state index contributed by atoms with van der Waals surface area (Å²) in [5.74, 6) is 0. The molecule has 1 aliphatic heterocycles. The van der Waals surface area contributed by atoms with Crippen LogP contribution in [-0.4, -0.2) is 61.2 Å². The van der Waals surface area contributed by atoms with Crippen LogP contribution in [0.4, 0.5) is 0 Å². The van der Waals surface area contributed by atoms with Crippen LogP contribution in [-0.2, 0) is 0 Å². The minimum atomic E-state index is 0.663. The zero-order chi connectivity index (χ0) is 13.5. The van der Waals surface area contributed by atoms with Gasteiger partial charge in [0.25, 0.3) is 0 Å². The van der Waals surface area contributed by atoms with Crippen molar-refractivity contribution in [1.29, 1.82) is 0 Å². The van der Waals surface area contributed by atoms with E-state index in [4.69, 9.17) is 0 Å². The summed E-state index contributed by atoms with van der Waals surface area (Å²) in [7, 11) is 2.24. The van der Waals surface area contributed by atoms with Gasteiger partial charge in [-0.15, -0.1) is 0 Å². The zero-order valence-corrected chi connectivity index (χ0v) is 13.1. The Morgan fingerprint density at radius 2 is 1.94 bits per heavy atom. The number of piperazine rings is 1. The molecule has 108 valence electrons. The fourth-order valence-electron chi connectivity index (χ4n) is 3.40. The molecule has 1 heterocycles. The lowest BCUT2D eigenvalue weighted by molar-refractivity contribution is 0.0415. The lowest BCUT2D eigenvalue weighted by atomic mass is 9.96. The van der Waals surface area contributed by atoms with Crippen molar-refractivity contribution in [3.8, 4) is 0 Å². The predicted octanol–water partition coefficient (Wildman–Crippen LogP) is 2.18. The van der Waals surface area contributed by atoms with Crippen molar-refractivity contribution in [2.45, 2.75) is 65.1 Å². The van der Waals surface area contributed by atoms with Crippen LogP contribution in [0.2, 0.25) is 0 Å². The molecule has 0 aromatic heterocycles. The van der Waals surface area contributed by atoms with Gasteiger partial charge in [0.05, 0.1) is 0 Å². The molecule has 1 aliphatic rings. The summed E-state index contributed by atoms with van der Waals surface area (Å²) in [6.07, 6.45) is 3.83. The van der Waals surface area contributed by atoms with Crippen LogP contribution < -0.4 is 5.32 Å². The van der Waals surface area contributed by atoms with Crippen LogP contribution in [0.3, 0.4) is 0 Å². The van der Waals surface area contributed by atoms with Gasteiger partial charge in [-0.05, 0) is 33.4 Å². The third kappa shape index (κ3) is 4.22. The van der Waals surface area contributed by atoms with Crippen molar-refractivity contribution in [2.24, 2.45) is 0 Å². The predicted molar refractivity (Wildman–Crippen MR) is 80.1 cm³/mol. The van der Waals surface area contributed by atoms with Crippen LogP contribution in [0.5, 0.6) is 0 Å². The quantitative estimate of drug-likeness (QED) is 0.752. The highest BCUT2D eigenvalue weighted by Gasteiger charge is 2.31. The molecule has 3 heteroatoms. The lowest BCUT2D eigenvalue weighted by Crippen LogP contribution is -2.59. The zero-order valence-electron chi connectivity index (χ0n) is 13.1. The van der Waals surface area contributed by atoms with E-state index in [1.807, 2.05) is 0 Å². The highest BCUT2D eigenvalue weighted by Crippen LogP contribution is 2.19. The minimum Gasteiger partial charge on any atom is -0.313 e. The van der Waals surface area contributed by atoms with E-state index in [-0.39, 0.29) is 0 Å². The highest BCUT2D eigenvalue weighted by molar-refractivity contribution is 4.89. The van der Waals surface area contributed by atoms with Crippen LogP contribution in [0, 0.1) is 0 Å². The SMILES string of the molecule is CCCC(NCC)C(CC)N1CCN(C)CC1C. The molecular formula is C15H33N3. The molecule has 0 spiro atoms. The van der Waals surface area contributed by atoms with Crippen LogP contribution in [0.15, 0.2) is 0 Å². The Hall–Kier alpha value is -0.120. The normalized spacial score (nSPS) is 26.2. The van der Waals surface area contributed by atoms with Crippen molar-refractivity contribution < 1.29 is 0 Å². The molecule has 0 bridgehead atoms. The molecule has 1 fully saturated rings. The van der Waals surface area contributed by atoms with Gasteiger partial charge >= 0.3 is 0 Å². The molecule has 3 atom stereocenters. The van der Waals surface area contributed by atoms with Crippen LogP contribution >= 0.6 is 0 Å². The first-order chi connectivity index (χ1) is 8.63. The smallest absolute Gasteiger partial charge is 0.0250 e. The third-order valence-electron chi connectivity index (χ3n) is 4.26. The standard InChI is InChI=1S/C15H33N3/c1-6-9-14(16-8-3)15(7-2)18-11-10-17(5)12-13(18)4/h13-16H,6-12H2,1-5H3. The second kappa shape index (κ2) is 8.13. The first-order valence-electron chi connectivity index (χ1n) is 7.81. The van der Waals surface area contributed by atoms with E-state index in [9.17, 15) is 0 Å². The number of hydrogen-bond donors (Lipinski definition) is 1. The van der Waals surface area contributed by atoms with Gasteiger partial charge in [0.2, 0.25) is 0 Å². The van der Waals surface area contributed by atoms with Crippen molar-refractivity contribution in [3.63, 3.8) is 0 Å². The molecule has 0 aromatic rings. The van der Waals surface area contributed by atoms with Crippen molar-refractivity contribution in [2.75, 3.05) is 33.2 Å². The van der Waals surface area contributed by atoms with Gasteiger partial charge in [0.1, 0.15) is 0 Å². The molecule has 0 radical (unpaired) electrons. The Kier molecular flexibility index (Phi) is 7.20. The van der Waals surface area contributed by atoms with Crippen molar-refractivity contribution in [3.05, 3.63) is 0 Å². The molecule has 0 saturated carbocycles. The maximum atomic E-state index is 3.71. The van der Waals surface area contributed by atoms with Gasteiger partial charge in [-0.2, -0.15) is 0 Å². The van der Waals surface area contributed by atoms with Crippen molar-refractivity contribution in [1.82, 2.24) is 15.1 Å². The highest BCUT2D eigenvalue weighted by atomic mass is 15.3. The largest absolute Gasteiger partial charge is 0.313 e. The fourth-order valence-corrected chi connectivity index (χ4v) is 3.40. The summed E-state index contributed by atoms with van der Waals surface area (Å²) in [6, 6.07) is 2.05. The lowest BCUT2D eigenvalue weighted by Gasteiger charge is -2.45. The molecule has 18 heavy (non-hydrogen) atoms. The summed E-state index contributed by atoms with van der Waals surface area (Å²) < 4.78 is 0. The summed E-state index contributed by atoms with van der Waals surface area (Å²) in [5.41, 5.74) is 0. The minimum absolute atomic E-state index is 0.663. The Balaban J connectivity index is 2.67. The van der Waals surface area contributed by atoms with E-state index in [1.165, 1.54) is 38.9 Å². The van der Waals surface area contributed by atoms with Gasteiger partial charge in [0, 0.05) is 37.8 Å². The second-order valence-electron chi connectivity index (χ2n) is 5.78. The molecular weight excluding hydrogens is 222 g/mol. The van der Waals surface area contributed by atoms with E-state index >= 15 is 0 Å². The molecule has 0 aliphatic carbocycles. The van der Waals surface area contributed by atoms with Crippen molar-refractivity contribution >= 4 is 0 Å². The summed E-state index contributed by atoms with van der Waals surface area (Å²) in [4.78, 5) is 5.19. The Morgan fingerprint density at radius 3 is 2.44 bits per heavy atom. The maximum absolute atomic E-state index is 3.71. The molecule has 0 aromatic carbocycles. The van der Waals surface area contributed by atoms with E-state index < -0.39 is 0 Å². The van der Waals surface area contributed by atoms with Gasteiger partial charge < -0.3 is 10.2 Å². The van der Waals surface area contributed by atoms with Gasteiger partial charge in [0.15, 0.2) is 0 Å². The molecule has 3 nitrogen and oxygen atoms in total. The number of likely N-dealkylation sites (N-methyl/N-ethyl adjacent to an activating group) is 2. The van der Waals surface area contributed by atoms with Gasteiger partial charge in [-0.25, -0.2) is 0 Å². The topological polar surface area (TPSA) is 18.5 Å². The van der Waals surface area contributed by atoms with E-state index in [2.05, 4.69) is 49.9 Å². The summed E-state index contributed by atoms with van der Waals surface area (Å²) in [5, 5.41) is 3.71. The Morgan fingerprint density at radius 1 is 1.22 bits per heavy atom. The first kappa shape index (κ1) is 15.9. The Labute approximate surface area is 114 Å². The average Bonchev–Trinajstić information content (AvgIpc) is 2.33. The second-order valence-corrected chi connectivity index (χ2v) is 5.78. The van der Waals surface area contributed by atoms with Gasteiger partial charge in [-0.3, -0.25) is 4.90 Å². The van der Waals surface area contributed by atoms with E-state index in [1.54, 1.807) is 0 Å². The summed E-state index contributed by atoms with van der Waals surface area (Å²) >= 11 is 0. The third-order valence-corrected chi connectivity index (χ3v) is 4.26. The van der Waals surface area contributed by atoms with Crippen LogP contribution in [0.25, 0.3) is 0 Å². The van der Waals surface area contributed by atoms with Gasteiger partial charge in [-0.1, -0.05) is 27.2 Å². The first-order valence-corrected chi connectivity index (χ1v) is 7.81. The fraction of sp³-hybridized carbons (Fsp3) is 1.00. The summed E-state index contributed by atoms with van der Waals surface area (Å²) in [6.45, 7) is 14.0. The molecule has 0 amide bonds. The molecule has 1 saturated heterocycles. The number of nitrogens with one attached hydrogen (secondary N) is 1. The monoisotopic (exact) mass is 255 g/mol. The number of hydrogen-bond acceptors (Lipinski definition) is 3. The van der Waals surface area contributed by atoms with E-state index in [0.717, 1.165) is 6.54 Å². The molecule has 3 unspecified atom stereocenters. The van der Waals surface area contributed by atoms with E-state index in [0.29, 0.717) is 18.1 Å². The molecule has 1 N–H and O–H groups in total. The molecule has 1 rings (SSSR count).